The highest BCUT2D eigenvalue weighted by Crippen LogP contribution is 2.16. The lowest BCUT2D eigenvalue weighted by Gasteiger charge is -2.29. The van der Waals surface area contributed by atoms with Gasteiger partial charge in [0.15, 0.2) is 12.6 Å². The zero-order valence-corrected chi connectivity index (χ0v) is 15.7. The monoisotopic (exact) mass is 380 g/mol. The maximum absolute atomic E-state index is 11.9. The van der Waals surface area contributed by atoms with Crippen LogP contribution in [0.15, 0.2) is 29.4 Å². The molecule has 148 valence electrons. The van der Waals surface area contributed by atoms with Crippen molar-refractivity contribution < 1.29 is 33.8 Å². The van der Waals surface area contributed by atoms with Crippen LogP contribution in [-0.2, 0) is 19.1 Å². The number of carbonyl (C=O) groups is 3. The summed E-state index contributed by atoms with van der Waals surface area (Å²) in [4.78, 5) is 34.1. The standard InChI is InChI=1S/C18H24N2O7/c1-17(2,3)27-16(23)19-18(12-22,25-4)9-10-26-14-7-5-13(6-8-14)15(11-21)20-24/h5-8,11-12,24H,9-10H2,1-4H3,(H,19,23). The molecule has 0 radical (unpaired) electrons. The van der Waals surface area contributed by atoms with E-state index < -0.39 is 17.4 Å². The summed E-state index contributed by atoms with van der Waals surface area (Å²) in [6.07, 6.45) is 0.142. The third-order valence-electron chi connectivity index (χ3n) is 3.38. The Bertz CT molecular complexity index is 680. The number of alkyl carbamates (subject to hydrolysis) is 1. The van der Waals surface area contributed by atoms with Crippen LogP contribution in [0.5, 0.6) is 5.75 Å². The Labute approximate surface area is 157 Å². The predicted molar refractivity (Wildman–Crippen MR) is 96.1 cm³/mol. The smallest absolute Gasteiger partial charge is 0.410 e. The maximum Gasteiger partial charge on any atom is 0.410 e. The van der Waals surface area contributed by atoms with E-state index in [0.29, 0.717) is 23.9 Å². The van der Waals surface area contributed by atoms with Crippen LogP contribution in [0, 0.1) is 0 Å². The van der Waals surface area contributed by atoms with Crippen molar-refractivity contribution in [3.63, 3.8) is 0 Å². The summed E-state index contributed by atoms with van der Waals surface area (Å²) in [6.45, 7) is 5.15. The van der Waals surface area contributed by atoms with Crippen molar-refractivity contribution in [1.29, 1.82) is 0 Å². The molecule has 0 heterocycles. The van der Waals surface area contributed by atoms with Crippen LogP contribution in [0.4, 0.5) is 4.79 Å². The predicted octanol–water partition coefficient (Wildman–Crippen LogP) is 1.90. The lowest BCUT2D eigenvalue weighted by molar-refractivity contribution is -0.133. The van der Waals surface area contributed by atoms with Gasteiger partial charge in [-0.3, -0.25) is 14.9 Å². The van der Waals surface area contributed by atoms with Gasteiger partial charge in [0.05, 0.1) is 6.61 Å². The van der Waals surface area contributed by atoms with E-state index in [1.54, 1.807) is 45.0 Å². The van der Waals surface area contributed by atoms with E-state index >= 15 is 0 Å². The van der Waals surface area contributed by atoms with Crippen molar-refractivity contribution in [3.8, 4) is 5.75 Å². The van der Waals surface area contributed by atoms with E-state index in [1.807, 2.05) is 0 Å². The Morgan fingerprint density at radius 2 is 1.85 bits per heavy atom. The average Bonchev–Trinajstić information content (AvgIpc) is 2.61. The van der Waals surface area contributed by atoms with Gasteiger partial charge < -0.3 is 19.4 Å². The van der Waals surface area contributed by atoms with Crippen LogP contribution < -0.4 is 10.1 Å². The lowest BCUT2D eigenvalue weighted by atomic mass is 10.1. The Hall–Kier alpha value is -2.94. The largest absolute Gasteiger partial charge is 0.493 e. The molecule has 0 aliphatic rings. The fourth-order valence-electron chi connectivity index (χ4n) is 2.02. The van der Waals surface area contributed by atoms with Gasteiger partial charge in [-0.1, -0.05) is 5.16 Å². The van der Waals surface area contributed by atoms with Crippen molar-refractivity contribution in [2.45, 2.75) is 38.5 Å². The van der Waals surface area contributed by atoms with Gasteiger partial charge in [-0.05, 0) is 45.0 Å². The molecule has 0 saturated heterocycles. The zero-order chi connectivity index (χ0) is 20.5. The SMILES string of the molecule is COC(C=O)(CCOc1ccc(C(C=O)=NO)cc1)NC(=O)OC(C)(C)C. The molecule has 1 rings (SSSR count). The molecule has 0 spiro atoms. The molecule has 2 N–H and O–H groups in total. The molecule has 0 aliphatic heterocycles. The van der Waals surface area contributed by atoms with E-state index in [0.717, 1.165) is 0 Å². The minimum atomic E-state index is -1.59. The highest BCUT2D eigenvalue weighted by molar-refractivity contribution is 6.36. The quantitative estimate of drug-likeness (QED) is 0.220. The summed E-state index contributed by atoms with van der Waals surface area (Å²) in [6, 6.07) is 6.23. The number of amides is 1. The first-order chi connectivity index (χ1) is 12.7. The van der Waals surface area contributed by atoms with E-state index in [2.05, 4.69) is 10.5 Å². The number of aldehydes is 2. The molecule has 1 unspecified atom stereocenters. The van der Waals surface area contributed by atoms with Gasteiger partial charge >= 0.3 is 6.09 Å². The van der Waals surface area contributed by atoms with Crippen LogP contribution in [-0.4, -0.2) is 54.6 Å². The lowest BCUT2D eigenvalue weighted by Crippen LogP contribution is -2.53. The van der Waals surface area contributed by atoms with Crippen LogP contribution in [0.2, 0.25) is 0 Å². The van der Waals surface area contributed by atoms with Crippen molar-refractivity contribution >= 4 is 24.4 Å². The molecule has 0 saturated carbocycles. The fourth-order valence-corrected chi connectivity index (χ4v) is 2.02. The average molecular weight is 380 g/mol. The van der Waals surface area contributed by atoms with E-state index in [1.165, 1.54) is 7.11 Å². The number of carbonyl (C=O) groups excluding carboxylic acids is 3. The Morgan fingerprint density at radius 1 is 1.22 bits per heavy atom. The number of benzene rings is 1. The third-order valence-corrected chi connectivity index (χ3v) is 3.38. The molecular weight excluding hydrogens is 356 g/mol. The number of hydrogen-bond acceptors (Lipinski definition) is 8. The number of nitrogens with one attached hydrogen (secondary N) is 1. The van der Waals surface area contributed by atoms with Crippen molar-refractivity contribution in [1.82, 2.24) is 5.32 Å². The molecule has 0 bridgehead atoms. The normalized spacial score (nSPS) is 14.0. The van der Waals surface area contributed by atoms with Gasteiger partial charge in [0.2, 0.25) is 5.72 Å². The third kappa shape index (κ3) is 7.06. The van der Waals surface area contributed by atoms with Crippen LogP contribution in [0.3, 0.4) is 0 Å². The second-order valence-corrected chi connectivity index (χ2v) is 6.56. The van der Waals surface area contributed by atoms with Crippen molar-refractivity contribution in [3.05, 3.63) is 29.8 Å². The molecule has 0 fully saturated rings. The van der Waals surface area contributed by atoms with Gasteiger partial charge in [0.25, 0.3) is 0 Å². The molecule has 9 heteroatoms. The minimum Gasteiger partial charge on any atom is -0.493 e. The summed E-state index contributed by atoms with van der Waals surface area (Å²) < 4.78 is 15.8. The van der Waals surface area contributed by atoms with Crippen LogP contribution in [0.1, 0.15) is 32.8 Å². The highest BCUT2D eigenvalue weighted by Gasteiger charge is 2.33. The summed E-state index contributed by atoms with van der Waals surface area (Å²) in [5, 5.41) is 14.0. The highest BCUT2D eigenvalue weighted by atomic mass is 16.6. The Balaban J connectivity index is 2.68. The summed E-state index contributed by atoms with van der Waals surface area (Å²) in [5.41, 5.74) is -1.99. The first kappa shape index (κ1) is 22.1. The Kier molecular flexibility index (Phi) is 7.92. The van der Waals surface area contributed by atoms with E-state index in [-0.39, 0.29) is 18.7 Å². The maximum atomic E-state index is 11.9. The molecule has 1 amide bonds. The molecule has 27 heavy (non-hydrogen) atoms. The van der Waals surface area contributed by atoms with Crippen LogP contribution >= 0.6 is 0 Å². The van der Waals surface area contributed by atoms with Gasteiger partial charge in [0.1, 0.15) is 17.1 Å². The first-order valence-corrected chi connectivity index (χ1v) is 8.11. The Morgan fingerprint density at radius 3 is 2.30 bits per heavy atom. The van der Waals surface area contributed by atoms with Crippen molar-refractivity contribution in [2.75, 3.05) is 13.7 Å². The topological polar surface area (TPSA) is 124 Å². The molecular formula is C18H24N2O7. The molecule has 0 aliphatic carbocycles. The summed E-state index contributed by atoms with van der Waals surface area (Å²) in [5.74, 6) is 0.454. The molecule has 9 nitrogen and oxygen atoms in total. The van der Waals surface area contributed by atoms with Gasteiger partial charge in [-0.15, -0.1) is 0 Å². The summed E-state index contributed by atoms with van der Waals surface area (Å²) >= 11 is 0. The minimum absolute atomic E-state index is 0.0334. The number of rotatable bonds is 9. The van der Waals surface area contributed by atoms with E-state index in [9.17, 15) is 14.4 Å². The second kappa shape index (κ2) is 9.67. The number of hydrogen-bond donors (Lipinski definition) is 2. The number of methoxy groups -OCH3 is 1. The number of ether oxygens (including phenoxy) is 3. The number of oxime groups is 1. The molecule has 1 aromatic rings. The first-order valence-electron chi connectivity index (χ1n) is 8.11. The van der Waals surface area contributed by atoms with Gasteiger partial charge in [-0.25, -0.2) is 4.79 Å². The molecule has 1 aromatic carbocycles. The molecule has 1 atom stereocenters. The van der Waals surface area contributed by atoms with Gasteiger partial charge in [0, 0.05) is 19.1 Å². The van der Waals surface area contributed by atoms with E-state index in [4.69, 9.17) is 19.4 Å². The van der Waals surface area contributed by atoms with Crippen LogP contribution in [0.25, 0.3) is 0 Å². The second-order valence-electron chi connectivity index (χ2n) is 6.56. The summed E-state index contributed by atoms with van der Waals surface area (Å²) in [7, 11) is 1.29. The van der Waals surface area contributed by atoms with Crippen molar-refractivity contribution in [2.24, 2.45) is 5.16 Å². The molecule has 0 aromatic heterocycles. The fraction of sp³-hybridized carbons (Fsp3) is 0.444. The van der Waals surface area contributed by atoms with Gasteiger partial charge in [-0.2, -0.15) is 0 Å². The number of nitrogens with zero attached hydrogens (tertiary/aromatic N) is 1. The zero-order valence-electron chi connectivity index (χ0n) is 15.7.